The molecule has 0 fully saturated rings. The van der Waals surface area contributed by atoms with Gasteiger partial charge in [-0.1, -0.05) is 6.92 Å². The third-order valence-electron chi connectivity index (χ3n) is 4.59. The Hall–Kier alpha value is -3.56. The normalized spacial score (nSPS) is 10.8. The molecule has 0 aliphatic rings. The molecule has 0 amide bonds. The van der Waals surface area contributed by atoms with Gasteiger partial charge in [0.2, 0.25) is 11.8 Å². The maximum Gasteiger partial charge on any atom is 0.310 e. The number of benzene rings is 2. The van der Waals surface area contributed by atoms with Gasteiger partial charge in [0.15, 0.2) is 29.0 Å². The Kier molecular flexibility index (Phi) is 6.47. The van der Waals surface area contributed by atoms with Crippen molar-refractivity contribution in [2.45, 2.75) is 19.9 Å². The number of nitrogens with zero attached hydrogens (tertiary/aromatic N) is 2. The van der Waals surface area contributed by atoms with E-state index in [2.05, 4.69) is 10.3 Å². The molecule has 0 atom stereocenters. The van der Waals surface area contributed by atoms with E-state index in [0.29, 0.717) is 23.6 Å². The van der Waals surface area contributed by atoms with Crippen LogP contribution in [0.15, 0.2) is 35.3 Å². The second-order valence-corrected chi connectivity index (χ2v) is 6.56. The molecule has 0 spiro atoms. The van der Waals surface area contributed by atoms with E-state index in [-0.39, 0.29) is 18.1 Å². The van der Waals surface area contributed by atoms with Crippen molar-refractivity contribution in [3.8, 4) is 11.5 Å². The highest BCUT2D eigenvalue weighted by molar-refractivity contribution is 5.65. The molecule has 10 heteroatoms. The summed E-state index contributed by atoms with van der Waals surface area (Å²) in [7, 11) is 2.95. The molecule has 0 aliphatic carbocycles. The van der Waals surface area contributed by atoms with Gasteiger partial charge in [0.1, 0.15) is 0 Å². The van der Waals surface area contributed by atoms with Gasteiger partial charge in [-0.15, -0.1) is 0 Å². The lowest BCUT2D eigenvalue weighted by molar-refractivity contribution is 0.355. The Morgan fingerprint density at radius 1 is 0.968 bits per heavy atom. The zero-order valence-electron chi connectivity index (χ0n) is 16.9. The molecule has 164 valence electrons. The van der Waals surface area contributed by atoms with Gasteiger partial charge in [-0.25, -0.2) is 13.2 Å². The maximum atomic E-state index is 13.9. The van der Waals surface area contributed by atoms with Crippen LogP contribution in [0.1, 0.15) is 18.1 Å². The number of hydrogen-bond donors (Lipinski definition) is 1. The van der Waals surface area contributed by atoms with E-state index in [0.717, 1.165) is 28.5 Å². The Labute approximate surface area is 175 Å². The van der Waals surface area contributed by atoms with Crippen LogP contribution in [0.25, 0.3) is 0 Å². The minimum atomic E-state index is -1.61. The molecule has 2 aromatic carbocycles. The van der Waals surface area contributed by atoms with Crippen molar-refractivity contribution < 1.29 is 27.0 Å². The fraction of sp³-hybridized carbons (Fsp3) is 0.238. The van der Waals surface area contributed by atoms with Crippen molar-refractivity contribution >= 4 is 11.6 Å². The van der Waals surface area contributed by atoms with E-state index in [1.807, 2.05) is 6.92 Å². The van der Waals surface area contributed by atoms with Crippen molar-refractivity contribution in [1.82, 2.24) is 9.55 Å². The molecule has 0 aliphatic heterocycles. The minimum absolute atomic E-state index is 0.00678. The van der Waals surface area contributed by atoms with Gasteiger partial charge in [0.05, 0.1) is 20.8 Å². The van der Waals surface area contributed by atoms with Gasteiger partial charge in [0, 0.05) is 18.0 Å². The van der Waals surface area contributed by atoms with Gasteiger partial charge in [0.25, 0.3) is 0 Å². The lowest BCUT2D eigenvalue weighted by Crippen LogP contribution is -2.20. The second kappa shape index (κ2) is 9.07. The number of ether oxygens (including phenoxy) is 2. The molecule has 0 radical (unpaired) electrons. The molecular weight excluding hydrogens is 418 g/mol. The van der Waals surface area contributed by atoms with E-state index in [1.165, 1.54) is 14.2 Å². The summed E-state index contributed by atoms with van der Waals surface area (Å²) in [5.41, 5.74) is 0.173. The van der Waals surface area contributed by atoms with Gasteiger partial charge < -0.3 is 19.4 Å². The zero-order valence-corrected chi connectivity index (χ0v) is 16.9. The number of hydrogen-bond acceptors (Lipinski definition) is 5. The highest BCUT2D eigenvalue weighted by Crippen LogP contribution is 2.34. The van der Waals surface area contributed by atoms with E-state index < -0.39 is 28.8 Å². The minimum Gasteiger partial charge on any atom is -0.493 e. The van der Waals surface area contributed by atoms with Gasteiger partial charge in [-0.05, 0) is 35.7 Å². The molecule has 0 saturated carbocycles. The predicted molar refractivity (Wildman–Crippen MR) is 106 cm³/mol. The first-order valence-corrected chi connectivity index (χ1v) is 9.19. The van der Waals surface area contributed by atoms with Crippen LogP contribution >= 0.6 is 0 Å². The fourth-order valence-corrected chi connectivity index (χ4v) is 3.03. The molecule has 3 aromatic rings. The molecule has 1 heterocycles. The quantitative estimate of drug-likeness (QED) is 0.444. The van der Waals surface area contributed by atoms with Gasteiger partial charge in [-0.2, -0.15) is 9.37 Å². The van der Waals surface area contributed by atoms with Crippen LogP contribution in [0, 0.1) is 23.3 Å². The summed E-state index contributed by atoms with van der Waals surface area (Å²) in [6.45, 7) is 1.61. The van der Waals surface area contributed by atoms with Crippen molar-refractivity contribution in [1.29, 1.82) is 0 Å². The highest BCUT2D eigenvalue weighted by Gasteiger charge is 2.16. The largest absolute Gasteiger partial charge is 0.493 e. The highest BCUT2D eigenvalue weighted by atomic mass is 19.2. The summed E-state index contributed by atoms with van der Waals surface area (Å²) < 4.78 is 66.0. The summed E-state index contributed by atoms with van der Waals surface area (Å²) in [5, 5.41) is 2.94. The van der Waals surface area contributed by atoms with Crippen LogP contribution in [0.4, 0.5) is 29.2 Å². The van der Waals surface area contributed by atoms with E-state index in [1.54, 1.807) is 12.1 Å². The average molecular weight is 437 g/mol. The van der Waals surface area contributed by atoms with Crippen LogP contribution in [0.5, 0.6) is 11.5 Å². The Balaban J connectivity index is 2.07. The van der Waals surface area contributed by atoms with Crippen LogP contribution < -0.4 is 20.3 Å². The molecular formula is C21H19F4N3O3. The molecule has 31 heavy (non-hydrogen) atoms. The summed E-state index contributed by atoms with van der Waals surface area (Å²) in [6.07, 6.45) is 1.42. The summed E-state index contributed by atoms with van der Waals surface area (Å²) in [5.74, 6) is -4.72. The van der Waals surface area contributed by atoms with Crippen LogP contribution in [-0.4, -0.2) is 23.8 Å². The fourth-order valence-electron chi connectivity index (χ4n) is 3.03. The maximum absolute atomic E-state index is 13.9. The molecule has 0 unspecified atom stereocenters. The van der Waals surface area contributed by atoms with Crippen LogP contribution in [0.2, 0.25) is 0 Å². The number of anilines is 2. The zero-order chi connectivity index (χ0) is 22.7. The lowest BCUT2D eigenvalue weighted by Gasteiger charge is -2.18. The molecule has 1 aromatic heterocycles. The molecule has 6 nitrogen and oxygen atoms in total. The Morgan fingerprint density at radius 2 is 1.58 bits per heavy atom. The van der Waals surface area contributed by atoms with Crippen molar-refractivity contribution in [2.24, 2.45) is 0 Å². The van der Waals surface area contributed by atoms with Crippen LogP contribution in [0.3, 0.4) is 0 Å². The number of nitrogens with one attached hydrogen (secondary N) is 1. The third-order valence-corrected chi connectivity index (χ3v) is 4.59. The van der Waals surface area contributed by atoms with E-state index in [9.17, 15) is 22.4 Å². The molecule has 0 saturated heterocycles. The molecule has 3 rings (SSSR count). The molecule has 1 N–H and O–H groups in total. The monoisotopic (exact) mass is 437 g/mol. The standard InChI is InChI=1S/C21H19F4N3O3/c1-4-12-7-17(30-2)18(31-3)8-16(12)26-21-27-20(29)15(24)10-28(21)9-11-5-13(22)19(25)14(23)6-11/h5-8,10H,4,9H2,1-3H3,(H,26,27,29). The van der Waals surface area contributed by atoms with Crippen molar-refractivity contribution in [2.75, 3.05) is 19.5 Å². The number of aromatic nitrogens is 2. The Morgan fingerprint density at radius 3 is 2.16 bits per heavy atom. The van der Waals surface area contributed by atoms with Crippen molar-refractivity contribution in [3.63, 3.8) is 0 Å². The smallest absolute Gasteiger partial charge is 0.310 e. The first-order valence-electron chi connectivity index (χ1n) is 9.19. The number of rotatable bonds is 7. The topological polar surface area (TPSA) is 65.4 Å². The summed E-state index contributed by atoms with van der Waals surface area (Å²) >= 11 is 0. The number of halogens is 4. The number of aryl methyl sites for hydroxylation is 1. The van der Waals surface area contributed by atoms with Gasteiger partial charge in [-0.3, -0.25) is 4.79 Å². The van der Waals surface area contributed by atoms with Crippen LogP contribution in [-0.2, 0) is 13.0 Å². The Bertz CT molecular complexity index is 1160. The van der Waals surface area contributed by atoms with E-state index in [4.69, 9.17) is 9.47 Å². The summed E-state index contributed by atoms with van der Waals surface area (Å²) in [4.78, 5) is 15.5. The third kappa shape index (κ3) is 4.62. The van der Waals surface area contributed by atoms with Crippen molar-refractivity contribution in [3.05, 3.63) is 75.2 Å². The van der Waals surface area contributed by atoms with Gasteiger partial charge >= 0.3 is 5.56 Å². The second-order valence-electron chi connectivity index (χ2n) is 6.56. The average Bonchev–Trinajstić information content (AvgIpc) is 2.75. The summed E-state index contributed by atoms with van der Waals surface area (Å²) in [6, 6.07) is 4.92. The van der Waals surface area contributed by atoms with E-state index >= 15 is 0 Å². The predicted octanol–water partition coefficient (Wildman–Crippen LogP) is 4.17. The first kappa shape index (κ1) is 22.1. The first-order chi connectivity index (χ1) is 14.8. The molecule has 0 bridgehead atoms. The number of methoxy groups -OCH3 is 2. The SMILES string of the molecule is CCc1cc(OC)c(OC)cc1Nc1nc(=O)c(F)cn1Cc1cc(F)c(F)c(F)c1. The lowest BCUT2D eigenvalue weighted by atomic mass is 10.1.